The highest BCUT2D eigenvalue weighted by Gasteiger charge is 2.18. The van der Waals surface area contributed by atoms with Crippen molar-refractivity contribution >= 4 is 5.97 Å². The summed E-state index contributed by atoms with van der Waals surface area (Å²) in [6.07, 6.45) is 6.52. The highest BCUT2D eigenvalue weighted by atomic mass is 16.5. The Hall–Kier alpha value is -1.57. The van der Waals surface area contributed by atoms with Gasteiger partial charge in [-0.1, -0.05) is 30.4 Å². The number of allylic oxidation sites excluding steroid dienone is 2. The third kappa shape index (κ3) is 1.94. The molecule has 0 heterocycles. The second-order valence-electron chi connectivity index (χ2n) is 3.69. The first-order chi connectivity index (χ1) is 7.33. The molecule has 1 aromatic rings. The fourth-order valence-corrected chi connectivity index (χ4v) is 2.01. The molecule has 1 unspecified atom stereocenters. The predicted molar refractivity (Wildman–Crippen MR) is 58.9 cm³/mol. The Morgan fingerprint density at radius 3 is 2.87 bits per heavy atom. The molecule has 0 fully saturated rings. The quantitative estimate of drug-likeness (QED) is 0.544. The Balaban J connectivity index is 2.37. The van der Waals surface area contributed by atoms with Crippen LogP contribution in [0.5, 0.6) is 0 Å². The average Bonchev–Trinajstić information content (AvgIpc) is 2.81. The summed E-state index contributed by atoms with van der Waals surface area (Å²) in [7, 11) is 1.42. The molecule has 0 aliphatic heterocycles. The summed E-state index contributed by atoms with van der Waals surface area (Å²) in [5.74, 6) is 0.131. The number of methoxy groups -OCH3 is 1. The largest absolute Gasteiger partial charge is 0.465 e. The van der Waals surface area contributed by atoms with Crippen LogP contribution >= 0.6 is 0 Å². The van der Waals surface area contributed by atoms with Crippen molar-refractivity contribution in [3.8, 4) is 0 Å². The lowest BCUT2D eigenvalue weighted by molar-refractivity contribution is 0.0599. The van der Waals surface area contributed by atoms with Crippen LogP contribution in [0.4, 0.5) is 0 Å². The minimum Gasteiger partial charge on any atom is -0.465 e. The summed E-state index contributed by atoms with van der Waals surface area (Å²) < 4.78 is 4.77. The molecule has 1 atom stereocenters. The molecule has 2 heteroatoms. The number of carbonyl (C=O) groups is 1. The number of esters is 1. The van der Waals surface area contributed by atoms with Crippen LogP contribution in [0.3, 0.4) is 0 Å². The van der Waals surface area contributed by atoms with Crippen molar-refractivity contribution in [2.45, 2.75) is 18.8 Å². The fraction of sp³-hybridized carbons (Fsp3) is 0.308. The zero-order valence-electron chi connectivity index (χ0n) is 8.77. The minimum absolute atomic E-state index is 0.245. The van der Waals surface area contributed by atoms with Crippen molar-refractivity contribution in [1.82, 2.24) is 0 Å². The molecule has 0 N–H and O–H groups in total. The summed E-state index contributed by atoms with van der Waals surface area (Å²) in [6, 6.07) is 7.67. The maximum absolute atomic E-state index is 11.5. The SMILES string of the molecule is COC(=O)c1ccccc1C1C=CCC1. The van der Waals surface area contributed by atoms with Crippen molar-refractivity contribution in [1.29, 1.82) is 0 Å². The first kappa shape index (κ1) is 9.97. The Kier molecular flexibility index (Phi) is 2.86. The lowest BCUT2D eigenvalue weighted by atomic mass is 9.94. The molecule has 1 aliphatic rings. The van der Waals surface area contributed by atoms with Gasteiger partial charge in [0, 0.05) is 5.92 Å². The second kappa shape index (κ2) is 4.30. The molecule has 2 rings (SSSR count). The summed E-state index contributed by atoms with van der Waals surface area (Å²) >= 11 is 0. The lowest BCUT2D eigenvalue weighted by Gasteiger charge is -2.12. The molecule has 0 amide bonds. The molecule has 0 aromatic heterocycles. The normalized spacial score (nSPS) is 19.1. The van der Waals surface area contributed by atoms with E-state index in [1.54, 1.807) is 0 Å². The van der Waals surface area contributed by atoms with Gasteiger partial charge in [-0.15, -0.1) is 0 Å². The fourth-order valence-electron chi connectivity index (χ4n) is 2.01. The van der Waals surface area contributed by atoms with Gasteiger partial charge in [0.2, 0.25) is 0 Å². The number of rotatable bonds is 2. The van der Waals surface area contributed by atoms with Crippen molar-refractivity contribution < 1.29 is 9.53 Å². The standard InChI is InChI=1S/C13H14O2/c1-15-13(14)12-9-5-4-8-11(12)10-6-2-3-7-10/h2,4-6,8-10H,3,7H2,1H3. The van der Waals surface area contributed by atoms with E-state index in [1.165, 1.54) is 7.11 Å². The molecule has 0 radical (unpaired) electrons. The van der Waals surface area contributed by atoms with Crippen LogP contribution in [0.25, 0.3) is 0 Å². The van der Waals surface area contributed by atoms with Gasteiger partial charge in [-0.3, -0.25) is 0 Å². The van der Waals surface area contributed by atoms with Gasteiger partial charge in [0.15, 0.2) is 0 Å². The van der Waals surface area contributed by atoms with Crippen molar-refractivity contribution in [2.75, 3.05) is 7.11 Å². The zero-order valence-corrected chi connectivity index (χ0v) is 8.77. The number of hydrogen-bond donors (Lipinski definition) is 0. The van der Waals surface area contributed by atoms with Gasteiger partial charge in [-0.25, -0.2) is 4.79 Å². The Labute approximate surface area is 89.6 Å². The van der Waals surface area contributed by atoms with Gasteiger partial charge < -0.3 is 4.74 Å². The molecule has 1 aromatic carbocycles. The predicted octanol–water partition coefficient (Wildman–Crippen LogP) is 2.91. The van der Waals surface area contributed by atoms with E-state index in [-0.39, 0.29) is 5.97 Å². The van der Waals surface area contributed by atoms with Crippen LogP contribution in [-0.2, 0) is 4.74 Å². The smallest absolute Gasteiger partial charge is 0.338 e. The van der Waals surface area contributed by atoms with Gasteiger partial charge in [0.1, 0.15) is 0 Å². The molecule has 0 bridgehead atoms. The van der Waals surface area contributed by atoms with E-state index >= 15 is 0 Å². The number of carbonyl (C=O) groups excluding carboxylic acids is 1. The lowest BCUT2D eigenvalue weighted by Crippen LogP contribution is -2.07. The summed E-state index contributed by atoms with van der Waals surface area (Å²) in [5.41, 5.74) is 1.77. The van der Waals surface area contributed by atoms with Crippen LogP contribution in [0.2, 0.25) is 0 Å². The van der Waals surface area contributed by atoms with E-state index in [9.17, 15) is 4.79 Å². The zero-order chi connectivity index (χ0) is 10.7. The van der Waals surface area contributed by atoms with E-state index in [1.807, 2.05) is 24.3 Å². The molecule has 15 heavy (non-hydrogen) atoms. The van der Waals surface area contributed by atoms with Gasteiger partial charge >= 0.3 is 5.97 Å². The Bertz CT molecular complexity index is 393. The molecule has 0 saturated carbocycles. The van der Waals surface area contributed by atoms with Gasteiger partial charge in [0.25, 0.3) is 0 Å². The number of ether oxygens (including phenoxy) is 1. The molecule has 2 nitrogen and oxygen atoms in total. The summed E-state index contributed by atoms with van der Waals surface area (Å²) in [6.45, 7) is 0. The summed E-state index contributed by atoms with van der Waals surface area (Å²) in [5, 5.41) is 0. The molecule has 0 saturated heterocycles. The van der Waals surface area contributed by atoms with Crippen LogP contribution in [-0.4, -0.2) is 13.1 Å². The monoisotopic (exact) mass is 202 g/mol. The van der Waals surface area contributed by atoms with Crippen LogP contribution in [0, 0.1) is 0 Å². The second-order valence-corrected chi connectivity index (χ2v) is 3.69. The third-order valence-corrected chi connectivity index (χ3v) is 2.78. The van der Waals surface area contributed by atoms with Crippen molar-refractivity contribution in [2.24, 2.45) is 0 Å². The maximum Gasteiger partial charge on any atom is 0.338 e. The average molecular weight is 202 g/mol. The van der Waals surface area contributed by atoms with Crippen LogP contribution in [0.15, 0.2) is 36.4 Å². The third-order valence-electron chi connectivity index (χ3n) is 2.78. The van der Waals surface area contributed by atoms with Gasteiger partial charge in [-0.2, -0.15) is 0 Å². The van der Waals surface area contributed by atoms with E-state index in [2.05, 4.69) is 12.2 Å². The Morgan fingerprint density at radius 1 is 1.40 bits per heavy atom. The highest BCUT2D eigenvalue weighted by Crippen LogP contribution is 2.30. The minimum atomic E-state index is -0.245. The van der Waals surface area contributed by atoms with Crippen LogP contribution in [0.1, 0.15) is 34.7 Å². The van der Waals surface area contributed by atoms with Gasteiger partial charge in [0.05, 0.1) is 12.7 Å². The Morgan fingerprint density at radius 2 is 2.20 bits per heavy atom. The highest BCUT2D eigenvalue weighted by molar-refractivity contribution is 5.91. The first-order valence-corrected chi connectivity index (χ1v) is 5.17. The molecular formula is C13H14O2. The van der Waals surface area contributed by atoms with Crippen molar-refractivity contribution in [3.05, 3.63) is 47.5 Å². The van der Waals surface area contributed by atoms with E-state index in [0.29, 0.717) is 11.5 Å². The summed E-state index contributed by atoms with van der Waals surface area (Å²) in [4.78, 5) is 11.5. The maximum atomic E-state index is 11.5. The molecule has 78 valence electrons. The molecule has 0 spiro atoms. The number of benzene rings is 1. The topological polar surface area (TPSA) is 26.3 Å². The molecule has 1 aliphatic carbocycles. The van der Waals surface area contributed by atoms with Gasteiger partial charge in [-0.05, 0) is 24.5 Å². The van der Waals surface area contributed by atoms with E-state index in [0.717, 1.165) is 18.4 Å². The number of hydrogen-bond acceptors (Lipinski definition) is 2. The molecular weight excluding hydrogens is 188 g/mol. The van der Waals surface area contributed by atoms with E-state index in [4.69, 9.17) is 4.74 Å². The first-order valence-electron chi connectivity index (χ1n) is 5.17. The van der Waals surface area contributed by atoms with Crippen molar-refractivity contribution in [3.63, 3.8) is 0 Å². The van der Waals surface area contributed by atoms with Crippen LogP contribution < -0.4 is 0 Å². The van der Waals surface area contributed by atoms with E-state index < -0.39 is 0 Å².